The van der Waals surface area contributed by atoms with E-state index in [4.69, 9.17) is 20.6 Å². The summed E-state index contributed by atoms with van der Waals surface area (Å²) in [5.41, 5.74) is 8.15. The third-order valence-corrected chi connectivity index (χ3v) is 6.60. The Morgan fingerprint density at radius 1 is 1.00 bits per heavy atom. The number of amidine groups is 2. The summed E-state index contributed by atoms with van der Waals surface area (Å²) in [7, 11) is 1.56. The zero-order valence-electron chi connectivity index (χ0n) is 20.9. The predicted octanol–water partition coefficient (Wildman–Crippen LogP) is 7.26. The number of nitrogens with one attached hydrogen (secondary N) is 1. The second-order valence-corrected chi connectivity index (χ2v) is 10.2. The second kappa shape index (κ2) is 8.50. The summed E-state index contributed by atoms with van der Waals surface area (Å²) in [5, 5.41) is 9.72. The summed E-state index contributed by atoms with van der Waals surface area (Å²) in [6.07, 6.45) is -2.08. The molecule has 0 unspecified atom stereocenters. The number of allylic oxidation sites excluding steroid dienone is 4. The Kier molecular flexibility index (Phi) is 5.66. The molecule has 0 amide bonds. The van der Waals surface area contributed by atoms with Gasteiger partial charge in [0.2, 0.25) is 0 Å². The van der Waals surface area contributed by atoms with Crippen LogP contribution in [0.15, 0.2) is 65.2 Å². The SMILES string of the molecule is COc1cccc(Oc2cc(C(C)(C)C)cc3cc4c(c(C5=CC(C(F)(F)F)=CC5)c23)C(N)=NC4=N)c1. The van der Waals surface area contributed by atoms with Crippen LogP contribution in [0.3, 0.4) is 0 Å². The van der Waals surface area contributed by atoms with Gasteiger partial charge in [0.25, 0.3) is 0 Å². The molecule has 0 saturated heterocycles. The summed E-state index contributed by atoms with van der Waals surface area (Å²) in [5.74, 6) is 1.68. The number of hydrogen-bond acceptors (Lipinski definition) is 4. The van der Waals surface area contributed by atoms with Crippen molar-refractivity contribution in [3.05, 3.63) is 82.4 Å². The fourth-order valence-electron chi connectivity index (χ4n) is 4.72. The van der Waals surface area contributed by atoms with Gasteiger partial charge >= 0.3 is 6.18 Å². The van der Waals surface area contributed by atoms with Gasteiger partial charge in [0.1, 0.15) is 23.1 Å². The molecule has 0 bridgehead atoms. The molecule has 37 heavy (non-hydrogen) atoms. The van der Waals surface area contributed by atoms with E-state index in [9.17, 15) is 13.2 Å². The van der Waals surface area contributed by atoms with E-state index < -0.39 is 11.7 Å². The summed E-state index contributed by atoms with van der Waals surface area (Å²) in [6.45, 7) is 6.21. The number of ether oxygens (including phenoxy) is 2. The maximum absolute atomic E-state index is 13.6. The van der Waals surface area contributed by atoms with Gasteiger partial charge in [-0.15, -0.1) is 0 Å². The van der Waals surface area contributed by atoms with Crippen LogP contribution in [0, 0.1) is 5.41 Å². The number of rotatable bonds is 4. The first-order valence-corrected chi connectivity index (χ1v) is 11.8. The van der Waals surface area contributed by atoms with Gasteiger partial charge in [0, 0.05) is 28.1 Å². The van der Waals surface area contributed by atoms with Crippen LogP contribution in [-0.2, 0) is 5.41 Å². The number of nitrogens with two attached hydrogens (primary N) is 1. The summed E-state index contributed by atoms with van der Waals surface area (Å²) < 4.78 is 52.4. The lowest BCUT2D eigenvalue weighted by atomic mass is 9.82. The van der Waals surface area contributed by atoms with E-state index in [0.717, 1.165) is 17.0 Å². The number of hydrogen-bond donors (Lipinski definition) is 2. The summed E-state index contributed by atoms with van der Waals surface area (Å²) in [6, 6.07) is 12.9. The largest absolute Gasteiger partial charge is 0.497 e. The van der Waals surface area contributed by atoms with Gasteiger partial charge in [-0.25, -0.2) is 4.99 Å². The molecule has 3 aromatic carbocycles. The Hall–Kier alpha value is -4.07. The molecule has 0 aromatic heterocycles. The van der Waals surface area contributed by atoms with Crippen LogP contribution in [0.25, 0.3) is 16.3 Å². The van der Waals surface area contributed by atoms with Crippen molar-refractivity contribution in [2.24, 2.45) is 10.7 Å². The Morgan fingerprint density at radius 3 is 2.38 bits per heavy atom. The zero-order valence-corrected chi connectivity index (χ0v) is 20.9. The number of benzene rings is 3. The average molecular weight is 506 g/mol. The van der Waals surface area contributed by atoms with E-state index in [2.05, 4.69) is 25.8 Å². The molecule has 0 atom stereocenters. The minimum Gasteiger partial charge on any atom is -0.497 e. The third kappa shape index (κ3) is 4.37. The van der Waals surface area contributed by atoms with E-state index in [1.165, 1.54) is 6.08 Å². The Bertz CT molecular complexity index is 1560. The van der Waals surface area contributed by atoms with Crippen LogP contribution in [0.5, 0.6) is 17.2 Å². The molecule has 0 spiro atoms. The van der Waals surface area contributed by atoms with Gasteiger partial charge < -0.3 is 15.2 Å². The number of alkyl halides is 3. The minimum atomic E-state index is -4.47. The van der Waals surface area contributed by atoms with E-state index in [-0.39, 0.29) is 23.5 Å². The highest BCUT2D eigenvalue weighted by atomic mass is 19.4. The third-order valence-electron chi connectivity index (χ3n) is 6.60. The van der Waals surface area contributed by atoms with Crippen LogP contribution in [-0.4, -0.2) is 25.0 Å². The fourth-order valence-corrected chi connectivity index (χ4v) is 4.72. The maximum atomic E-state index is 13.6. The van der Waals surface area contributed by atoms with E-state index >= 15 is 0 Å². The van der Waals surface area contributed by atoms with Crippen molar-refractivity contribution in [1.82, 2.24) is 0 Å². The molecule has 0 fully saturated rings. The van der Waals surface area contributed by atoms with Crippen molar-refractivity contribution in [2.75, 3.05) is 7.11 Å². The lowest BCUT2D eigenvalue weighted by Gasteiger charge is -2.24. The van der Waals surface area contributed by atoms with E-state index in [0.29, 0.717) is 44.9 Å². The molecular weight excluding hydrogens is 479 g/mol. The molecule has 3 aromatic rings. The molecule has 8 heteroatoms. The first-order valence-electron chi connectivity index (χ1n) is 11.8. The maximum Gasteiger partial charge on any atom is 0.416 e. The first-order chi connectivity index (χ1) is 17.4. The molecule has 1 aliphatic heterocycles. The van der Waals surface area contributed by atoms with Crippen LogP contribution in [0.4, 0.5) is 13.2 Å². The lowest BCUT2D eigenvalue weighted by molar-refractivity contribution is -0.0880. The fraction of sp³-hybridized carbons (Fsp3) is 0.241. The summed E-state index contributed by atoms with van der Waals surface area (Å²) >= 11 is 0. The van der Waals surface area contributed by atoms with Crippen molar-refractivity contribution >= 4 is 28.0 Å². The predicted molar refractivity (Wildman–Crippen MR) is 140 cm³/mol. The van der Waals surface area contributed by atoms with Crippen LogP contribution in [0.2, 0.25) is 0 Å². The zero-order chi connectivity index (χ0) is 26.7. The number of aliphatic imine (C=N–C) groups is 1. The van der Waals surface area contributed by atoms with Gasteiger partial charge in [-0.3, -0.25) is 5.41 Å². The molecule has 2 aliphatic rings. The smallest absolute Gasteiger partial charge is 0.416 e. The molecule has 0 radical (unpaired) electrons. The van der Waals surface area contributed by atoms with Gasteiger partial charge in [0.15, 0.2) is 5.84 Å². The average Bonchev–Trinajstić information content (AvgIpc) is 3.42. The highest BCUT2D eigenvalue weighted by Gasteiger charge is 2.36. The van der Waals surface area contributed by atoms with E-state index in [1.54, 1.807) is 31.4 Å². The molecule has 1 aliphatic carbocycles. The van der Waals surface area contributed by atoms with Gasteiger partial charge in [-0.2, -0.15) is 13.2 Å². The topological polar surface area (TPSA) is 80.7 Å². The van der Waals surface area contributed by atoms with Crippen LogP contribution < -0.4 is 15.2 Å². The molecule has 3 N–H and O–H groups in total. The quantitative estimate of drug-likeness (QED) is 0.392. The number of halogens is 3. The van der Waals surface area contributed by atoms with Gasteiger partial charge in [-0.05, 0) is 58.7 Å². The van der Waals surface area contributed by atoms with Crippen molar-refractivity contribution in [2.45, 2.75) is 38.8 Å². The standard InChI is InChI=1S/C29H26F3N3O2/c1-28(2,3)18-11-16-12-21-25(27(34)35-26(21)33)24(15-8-9-17(10-15)29(30,31)32)23(16)22(13-18)37-20-7-5-6-19(14-20)36-4/h5-7,9-14H,8H2,1-4H3,(H3,33,34,35). The van der Waals surface area contributed by atoms with Crippen molar-refractivity contribution in [1.29, 1.82) is 5.41 Å². The monoisotopic (exact) mass is 505 g/mol. The Morgan fingerprint density at radius 2 is 1.73 bits per heavy atom. The van der Waals surface area contributed by atoms with Gasteiger partial charge in [0.05, 0.1) is 12.7 Å². The van der Waals surface area contributed by atoms with Crippen molar-refractivity contribution < 1.29 is 22.6 Å². The second-order valence-electron chi connectivity index (χ2n) is 10.2. The highest BCUT2D eigenvalue weighted by Crippen LogP contribution is 2.46. The highest BCUT2D eigenvalue weighted by molar-refractivity contribution is 6.26. The summed E-state index contributed by atoms with van der Waals surface area (Å²) in [4.78, 5) is 4.14. The minimum absolute atomic E-state index is 0.0188. The molecule has 0 saturated carbocycles. The molecule has 190 valence electrons. The lowest BCUT2D eigenvalue weighted by Crippen LogP contribution is -2.15. The Labute approximate surface area is 212 Å². The Balaban J connectivity index is 1.84. The normalized spacial score (nSPS) is 15.4. The van der Waals surface area contributed by atoms with E-state index in [1.807, 2.05) is 18.2 Å². The molecule has 5 nitrogen and oxygen atoms in total. The van der Waals surface area contributed by atoms with Gasteiger partial charge in [-0.1, -0.05) is 39.0 Å². The molecular formula is C29H26F3N3O2. The molecule has 5 rings (SSSR count). The number of fused-ring (bicyclic) bond motifs is 2. The van der Waals surface area contributed by atoms with Crippen LogP contribution in [0.1, 0.15) is 49.4 Å². The number of methoxy groups -OCH3 is 1. The molecule has 1 heterocycles. The number of nitrogens with zero attached hydrogens (tertiary/aromatic N) is 1. The first kappa shape index (κ1) is 24.6. The van der Waals surface area contributed by atoms with Crippen molar-refractivity contribution in [3.8, 4) is 17.2 Å². The van der Waals surface area contributed by atoms with Crippen LogP contribution >= 0.6 is 0 Å². The van der Waals surface area contributed by atoms with Crippen molar-refractivity contribution in [3.63, 3.8) is 0 Å².